The SMILES string of the molecule is O=C(CCOc1ccc(O)cc1)N[C@@H](Cc1ccc(OCCCCCCl)cc1)CN1CCC(F)C1. The average Bonchev–Trinajstić information content (AvgIpc) is 3.25. The maximum atomic E-state index is 13.7. The molecule has 2 N–H and O–H groups in total. The largest absolute Gasteiger partial charge is 0.508 e. The van der Waals surface area contributed by atoms with Crippen molar-refractivity contribution in [1.82, 2.24) is 10.2 Å². The van der Waals surface area contributed by atoms with E-state index in [0.29, 0.717) is 50.7 Å². The van der Waals surface area contributed by atoms with E-state index in [2.05, 4.69) is 10.2 Å². The molecule has 0 radical (unpaired) electrons. The molecular formula is C27H36ClFN2O4. The second kappa shape index (κ2) is 14.8. The van der Waals surface area contributed by atoms with E-state index in [-0.39, 0.29) is 30.7 Å². The molecule has 0 spiro atoms. The summed E-state index contributed by atoms with van der Waals surface area (Å²) in [5.74, 6) is 2.16. The molecule has 2 aromatic rings. The molecule has 0 bridgehead atoms. The lowest BCUT2D eigenvalue weighted by atomic mass is 10.0. The van der Waals surface area contributed by atoms with Crippen molar-refractivity contribution in [2.24, 2.45) is 0 Å². The van der Waals surface area contributed by atoms with Crippen LogP contribution in [-0.2, 0) is 11.2 Å². The second-order valence-electron chi connectivity index (χ2n) is 8.95. The summed E-state index contributed by atoms with van der Waals surface area (Å²) in [7, 11) is 0. The molecule has 1 saturated heterocycles. The number of phenols is 1. The number of carbonyl (C=O) groups is 1. The minimum Gasteiger partial charge on any atom is -0.508 e. The monoisotopic (exact) mass is 506 g/mol. The van der Waals surface area contributed by atoms with E-state index in [4.69, 9.17) is 21.1 Å². The Morgan fingerprint density at radius 3 is 2.40 bits per heavy atom. The van der Waals surface area contributed by atoms with Crippen LogP contribution in [-0.4, -0.2) is 66.9 Å². The van der Waals surface area contributed by atoms with E-state index >= 15 is 0 Å². The molecule has 2 atom stereocenters. The van der Waals surface area contributed by atoms with Crippen molar-refractivity contribution in [3.05, 3.63) is 54.1 Å². The minimum atomic E-state index is -0.800. The number of carbonyl (C=O) groups excluding carboxylic acids is 1. The predicted molar refractivity (Wildman–Crippen MR) is 136 cm³/mol. The van der Waals surface area contributed by atoms with E-state index in [1.807, 2.05) is 24.3 Å². The Balaban J connectivity index is 1.49. The third kappa shape index (κ3) is 10.3. The number of nitrogens with one attached hydrogen (secondary N) is 1. The number of rotatable bonds is 15. The molecule has 192 valence electrons. The van der Waals surface area contributed by atoms with Crippen LogP contribution in [0.1, 0.15) is 37.7 Å². The number of halogens is 2. The fraction of sp³-hybridized carbons (Fsp3) is 0.519. The van der Waals surface area contributed by atoms with Gasteiger partial charge in [0, 0.05) is 31.6 Å². The lowest BCUT2D eigenvalue weighted by molar-refractivity contribution is -0.122. The highest BCUT2D eigenvalue weighted by Crippen LogP contribution is 2.18. The van der Waals surface area contributed by atoms with Crippen molar-refractivity contribution in [1.29, 1.82) is 0 Å². The van der Waals surface area contributed by atoms with Gasteiger partial charge in [0.25, 0.3) is 0 Å². The third-order valence-corrected chi connectivity index (χ3v) is 6.21. The smallest absolute Gasteiger partial charge is 0.223 e. The van der Waals surface area contributed by atoms with E-state index in [9.17, 15) is 14.3 Å². The highest BCUT2D eigenvalue weighted by atomic mass is 35.5. The van der Waals surface area contributed by atoms with Gasteiger partial charge in [-0.1, -0.05) is 12.1 Å². The van der Waals surface area contributed by atoms with Crippen molar-refractivity contribution in [2.45, 2.75) is 50.7 Å². The second-order valence-corrected chi connectivity index (χ2v) is 9.33. The van der Waals surface area contributed by atoms with Crippen molar-refractivity contribution in [2.75, 3.05) is 38.7 Å². The average molecular weight is 507 g/mol. The van der Waals surface area contributed by atoms with Gasteiger partial charge in [-0.15, -0.1) is 11.6 Å². The van der Waals surface area contributed by atoms with Gasteiger partial charge in [0.2, 0.25) is 5.91 Å². The van der Waals surface area contributed by atoms with Crippen LogP contribution in [0.15, 0.2) is 48.5 Å². The summed E-state index contributed by atoms with van der Waals surface area (Å²) in [6.07, 6.45) is 3.63. The molecule has 2 aromatic carbocycles. The maximum absolute atomic E-state index is 13.7. The molecule has 0 aliphatic carbocycles. The standard InChI is InChI=1S/C27H36ClFN2O4/c28-14-2-1-3-16-34-25-8-4-21(5-9-25)18-23(20-31-15-12-22(29)19-31)30-27(33)13-17-35-26-10-6-24(32)7-11-26/h4-11,22-23,32H,1-3,12-20H2,(H,30,33)/t22?,23-/m0/s1. The summed E-state index contributed by atoms with van der Waals surface area (Å²) in [5, 5.41) is 12.5. The fourth-order valence-electron chi connectivity index (χ4n) is 4.10. The van der Waals surface area contributed by atoms with Crippen LogP contribution in [0.4, 0.5) is 4.39 Å². The van der Waals surface area contributed by atoms with E-state index in [1.165, 1.54) is 12.1 Å². The van der Waals surface area contributed by atoms with Crippen LogP contribution in [0, 0.1) is 0 Å². The third-order valence-electron chi connectivity index (χ3n) is 5.95. The molecule has 1 heterocycles. The number of aromatic hydroxyl groups is 1. The minimum absolute atomic E-state index is 0.110. The van der Waals surface area contributed by atoms with Crippen LogP contribution in [0.5, 0.6) is 17.2 Å². The summed E-state index contributed by atoms with van der Waals surface area (Å²) < 4.78 is 25.1. The zero-order valence-electron chi connectivity index (χ0n) is 20.1. The van der Waals surface area contributed by atoms with Crippen LogP contribution >= 0.6 is 11.6 Å². The fourth-order valence-corrected chi connectivity index (χ4v) is 4.29. The summed E-state index contributed by atoms with van der Waals surface area (Å²) in [6.45, 7) is 2.61. The Bertz CT molecular complexity index is 882. The molecule has 0 saturated carbocycles. The number of hydrogen-bond acceptors (Lipinski definition) is 5. The number of hydrogen-bond donors (Lipinski definition) is 2. The van der Waals surface area contributed by atoms with Gasteiger partial charge in [-0.3, -0.25) is 9.69 Å². The van der Waals surface area contributed by atoms with Gasteiger partial charge in [0.1, 0.15) is 23.4 Å². The molecule has 1 amide bonds. The molecule has 6 nitrogen and oxygen atoms in total. The first-order valence-electron chi connectivity index (χ1n) is 12.4. The number of unbranched alkanes of at least 4 members (excludes halogenated alkanes) is 2. The van der Waals surface area contributed by atoms with Gasteiger partial charge < -0.3 is 19.9 Å². The summed E-state index contributed by atoms with van der Waals surface area (Å²) in [6, 6.07) is 14.2. The number of benzene rings is 2. The number of nitrogens with zero attached hydrogens (tertiary/aromatic N) is 1. The molecule has 0 aromatic heterocycles. The summed E-state index contributed by atoms with van der Waals surface area (Å²) in [5.41, 5.74) is 1.08. The molecule has 8 heteroatoms. The van der Waals surface area contributed by atoms with Crippen LogP contribution in [0.2, 0.25) is 0 Å². The quantitative estimate of drug-likeness (QED) is 0.270. The topological polar surface area (TPSA) is 71.0 Å². The van der Waals surface area contributed by atoms with Crippen LogP contribution in [0.3, 0.4) is 0 Å². The van der Waals surface area contributed by atoms with E-state index in [1.54, 1.807) is 12.1 Å². The Morgan fingerprint density at radius 1 is 1.06 bits per heavy atom. The number of alkyl halides is 2. The van der Waals surface area contributed by atoms with Gasteiger partial charge in [0.05, 0.1) is 19.6 Å². The first-order chi connectivity index (χ1) is 17.0. The molecule has 1 unspecified atom stereocenters. The Morgan fingerprint density at radius 2 is 1.74 bits per heavy atom. The lowest BCUT2D eigenvalue weighted by Crippen LogP contribution is -2.45. The summed E-state index contributed by atoms with van der Waals surface area (Å²) >= 11 is 5.70. The molecule has 35 heavy (non-hydrogen) atoms. The van der Waals surface area contributed by atoms with Crippen molar-refractivity contribution >= 4 is 17.5 Å². The first kappa shape index (κ1) is 27.1. The Labute approximate surface area is 212 Å². The summed E-state index contributed by atoms with van der Waals surface area (Å²) in [4.78, 5) is 14.7. The van der Waals surface area contributed by atoms with Crippen molar-refractivity contribution in [3.8, 4) is 17.2 Å². The number of ether oxygens (including phenoxy) is 2. The van der Waals surface area contributed by atoms with Gasteiger partial charge in [-0.05, 0) is 74.1 Å². The molecular weight excluding hydrogens is 471 g/mol. The van der Waals surface area contributed by atoms with Gasteiger partial charge >= 0.3 is 0 Å². The Hall–Kier alpha value is -2.51. The van der Waals surface area contributed by atoms with E-state index < -0.39 is 6.17 Å². The zero-order chi connectivity index (χ0) is 24.9. The number of amides is 1. The Kier molecular flexibility index (Phi) is 11.4. The zero-order valence-corrected chi connectivity index (χ0v) is 20.9. The van der Waals surface area contributed by atoms with Gasteiger partial charge in [0.15, 0.2) is 0 Å². The number of phenolic OH excluding ortho intramolecular Hbond substituents is 1. The van der Waals surface area contributed by atoms with E-state index in [0.717, 1.165) is 30.6 Å². The molecule has 1 aliphatic heterocycles. The van der Waals surface area contributed by atoms with Crippen molar-refractivity contribution in [3.63, 3.8) is 0 Å². The lowest BCUT2D eigenvalue weighted by Gasteiger charge is -2.25. The van der Waals surface area contributed by atoms with Crippen LogP contribution in [0.25, 0.3) is 0 Å². The molecule has 1 aliphatic rings. The predicted octanol–water partition coefficient (Wildman–Crippen LogP) is 4.72. The van der Waals surface area contributed by atoms with Gasteiger partial charge in [-0.25, -0.2) is 4.39 Å². The number of likely N-dealkylation sites (tertiary alicyclic amines) is 1. The van der Waals surface area contributed by atoms with Crippen molar-refractivity contribution < 1.29 is 23.8 Å². The normalized spacial score (nSPS) is 16.7. The molecule has 3 rings (SSSR count). The first-order valence-corrected chi connectivity index (χ1v) is 12.9. The van der Waals surface area contributed by atoms with Crippen LogP contribution < -0.4 is 14.8 Å². The maximum Gasteiger partial charge on any atom is 0.223 e. The molecule has 1 fully saturated rings. The van der Waals surface area contributed by atoms with Gasteiger partial charge in [-0.2, -0.15) is 0 Å². The highest BCUT2D eigenvalue weighted by molar-refractivity contribution is 6.17. The highest BCUT2D eigenvalue weighted by Gasteiger charge is 2.25.